The van der Waals surface area contributed by atoms with Crippen LogP contribution in [0.25, 0.3) is 10.9 Å². The highest BCUT2D eigenvalue weighted by molar-refractivity contribution is 7.99. The molecule has 0 unspecified atom stereocenters. The van der Waals surface area contributed by atoms with Gasteiger partial charge in [-0.05, 0) is 37.4 Å². The molecule has 7 nitrogen and oxygen atoms in total. The van der Waals surface area contributed by atoms with Crippen molar-refractivity contribution in [1.29, 1.82) is 0 Å². The molecular formula is C17H27ClN3O4PS. The van der Waals surface area contributed by atoms with E-state index in [0.717, 1.165) is 47.0 Å². The molecule has 0 amide bonds. The monoisotopic (exact) mass is 435 g/mol. The predicted octanol–water partition coefficient (Wildman–Crippen LogP) is 3.45. The number of anilines is 1. The van der Waals surface area contributed by atoms with Gasteiger partial charge in [0.25, 0.3) is 0 Å². The highest BCUT2D eigenvalue weighted by atomic mass is 35.5. The maximum atomic E-state index is 8.88. The van der Waals surface area contributed by atoms with Gasteiger partial charge in [0.2, 0.25) is 0 Å². The molecule has 0 radical (unpaired) electrons. The molecule has 0 saturated heterocycles. The lowest BCUT2D eigenvalue weighted by Gasteiger charge is -2.17. The number of aromatic nitrogens is 1. The van der Waals surface area contributed by atoms with Crippen LogP contribution in [0.1, 0.15) is 13.8 Å². The zero-order valence-electron chi connectivity index (χ0n) is 15.5. The minimum atomic E-state index is -4.64. The minimum absolute atomic E-state index is 0.726. The van der Waals surface area contributed by atoms with Gasteiger partial charge in [0, 0.05) is 46.9 Å². The summed E-state index contributed by atoms with van der Waals surface area (Å²) in [7, 11) is -4.64. The first-order chi connectivity index (χ1) is 12.7. The first-order valence-corrected chi connectivity index (χ1v) is 11.7. The van der Waals surface area contributed by atoms with E-state index in [-0.39, 0.29) is 0 Å². The van der Waals surface area contributed by atoms with E-state index in [2.05, 4.69) is 29.0 Å². The van der Waals surface area contributed by atoms with Crippen LogP contribution in [0.15, 0.2) is 30.5 Å². The lowest BCUT2D eigenvalue weighted by Crippen LogP contribution is -2.25. The molecule has 0 atom stereocenters. The van der Waals surface area contributed by atoms with Gasteiger partial charge < -0.3 is 24.9 Å². The van der Waals surface area contributed by atoms with Gasteiger partial charge in [0.05, 0.1) is 5.52 Å². The summed E-state index contributed by atoms with van der Waals surface area (Å²) in [4.78, 5) is 28.4. The third kappa shape index (κ3) is 10.9. The van der Waals surface area contributed by atoms with Crippen molar-refractivity contribution in [3.63, 3.8) is 0 Å². The number of rotatable bonds is 9. The number of hydrogen-bond acceptors (Lipinski definition) is 5. The highest BCUT2D eigenvalue weighted by Crippen LogP contribution is 2.26. The third-order valence-corrected chi connectivity index (χ3v) is 4.91. The van der Waals surface area contributed by atoms with Gasteiger partial charge in [0.15, 0.2) is 0 Å². The van der Waals surface area contributed by atoms with Crippen molar-refractivity contribution in [3.8, 4) is 0 Å². The molecule has 0 spiro atoms. The fourth-order valence-electron chi connectivity index (χ4n) is 2.37. The Morgan fingerprint density at radius 3 is 2.48 bits per heavy atom. The Morgan fingerprint density at radius 1 is 1.19 bits per heavy atom. The van der Waals surface area contributed by atoms with Gasteiger partial charge in [-0.1, -0.05) is 25.4 Å². The van der Waals surface area contributed by atoms with Crippen molar-refractivity contribution >= 4 is 47.8 Å². The molecule has 0 bridgehead atoms. The van der Waals surface area contributed by atoms with Crippen LogP contribution < -0.4 is 5.32 Å². The van der Waals surface area contributed by atoms with Crippen molar-refractivity contribution in [2.75, 3.05) is 43.0 Å². The summed E-state index contributed by atoms with van der Waals surface area (Å²) in [5.41, 5.74) is 2.07. The van der Waals surface area contributed by atoms with Gasteiger partial charge in [0.1, 0.15) is 0 Å². The van der Waals surface area contributed by atoms with Crippen molar-refractivity contribution < 1.29 is 19.2 Å². The second-order valence-electron chi connectivity index (χ2n) is 5.60. The Balaban J connectivity index is 0.000000646. The van der Waals surface area contributed by atoms with Crippen LogP contribution in [0.5, 0.6) is 0 Å². The smallest absolute Gasteiger partial charge is 0.384 e. The number of pyridine rings is 1. The lowest BCUT2D eigenvalue weighted by molar-refractivity contribution is 0.275. The number of nitrogens with one attached hydrogen (secondary N) is 1. The lowest BCUT2D eigenvalue weighted by atomic mass is 10.2. The average Bonchev–Trinajstić information content (AvgIpc) is 2.59. The zero-order chi connectivity index (χ0) is 20.3. The van der Waals surface area contributed by atoms with Crippen LogP contribution in [-0.2, 0) is 4.57 Å². The zero-order valence-corrected chi connectivity index (χ0v) is 18.0. The molecule has 10 heteroatoms. The van der Waals surface area contributed by atoms with Gasteiger partial charge >= 0.3 is 7.82 Å². The molecule has 1 aromatic carbocycles. The summed E-state index contributed by atoms with van der Waals surface area (Å²) in [5.74, 6) is 2.30. The number of phosphoric acid groups is 1. The van der Waals surface area contributed by atoms with Gasteiger partial charge in [-0.3, -0.25) is 4.98 Å². The van der Waals surface area contributed by atoms with Crippen LogP contribution >= 0.6 is 31.2 Å². The molecule has 0 aliphatic heterocycles. The van der Waals surface area contributed by atoms with Crippen molar-refractivity contribution in [1.82, 2.24) is 9.88 Å². The molecule has 0 aliphatic carbocycles. The summed E-state index contributed by atoms with van der Waals surface area (Å²) in [5, 5.41) is 5.36. The maximum absolute atomic E-state index is 8.88. The second-order valence-corrected chi connectivity index (χ2v) is 8.29. The molecule has 4 N–H and O–H groups in total. The van der Waals surface area contributed by atoms with E-state index >= 15 is 0 Å². The van der Waals surface area contributed by atoms with Gasteiger partial charge in [-0.15, -0.1) is 0 Å². The molecule has 2 aromatic rings. The Bertz CT molecular complexity index is 735. The molecule has 0 saturated carbocycles. The quantitative estimate of drug-likeness (QED) is 0.350. The first kappa shape index (κ1) is 24.2. The molecule has 1 heterocycles. The van der Waals surface area contributed by atoms with E-state index in [1.807, 2.05) is 42.2 Å². The van der Waals surface area contributed by atoms with Gasteiger partial charge in [-0.2, -0.15) is 11.8 Å². The maximum Gasteiger partial charge on any atom is 0.466 e. The van der Waals surface area contributed by atoms with E-state index in [0.29, 0.717) is 0 Å². The first-order valence-electron chi connectivity index (χ1n) is 8.61. The molecule has 1 aromatic heterocycles. The van der Waals surface area contributed by atoms with Crippen LogP contribution in [0, 0.1) is 0 Å². The summed E-state index contributed by atoms with van der Waals surface area (Å²) < 4.78 is 8.88. The van der Waals surface area contributed by atoms with Crippen LogP contribution in [-0.4, -0.2) is 62.2 Å². The number of fused-ring (bicyclic) bond motifs is 1. The Hall–Kier alpha value is -0.860. The standard InChI is InChI=1S/C17H24ClN3S.H3O4P/c1-3-21(4-2)10-12-22-11-9-20-16-7-8-19-17-13-14(18)5-6-15(16)17;1-5(2,3)4/h5-8,13H,3-4,9-12H2,1-2H3,(H,19,20);(H3,1,2,3,4). The molecule has 152 valence electrons. The topological polar surface area (TPSA) is 106 Å². The molecule has 27 heavy (non-hydrogen) atoms. The number of hydrogen-bond donors (Lipinski definition) is 4. The van der Waals surface area contributed by atoms with E-state index in [9.17, 15) is 0 Å². The predicted molar refractivity (Wildman–Crippen MR) is 115 cm³/mol. The van der Waals surface area contributed by atoms with E-state index in [4.69, 9.17) is 30.8 Å². The Morgan fingerprint density at radius 2 is 1.85 bits per heavy atom. The fourth-order valence-corrected chi connectivity index (χ4v) is 3.37. The number of thioether (sulfide) groups is 1. The SMILES string of the molecule is CCN(CC)CCSCCNc1ccnc2cc(Cl)ccc12.O=P(O)(O)O. The minimum Gasteiger partial charge on any atom is -0.384 e. The summed E-state index contributed by atoms with van der Waals surface area (Å²) in [6.45, 7) is 8.85. The van der Waals surface area contributed by atoms with Crippen LogP contribution in [0.2, 0.25) is 5.02 Å². The molecule has 0 fully saturated rings. The Labute approximate surface area is 169 Å². The van der Waals surface area contributed by atoms with Gasteiger partial charge in [-0.25, -0.2) is 4.57 Å². The van der Waals surface area contributed by atoms with Crippen molar-refractivity contribution in [2.24, 2.45) is 0 Å². The fraction of sp³-hybridized carbons (Fsp3) is 0.471. The highest BCUT2D eigenvalue weighted by Gasteiger charge is 2.03. The summed E-state index contributed by atoms with van der Waals surface area (Å²) in [6.07, 6.45) is 1.83. The summed E-state index contributed by atoms with van der Waals surface area (Å²) >= 11 is 8.01. The Kier molecular flexibility index (Phi) is 11.3. The number of benzene rings is 1. The third-order valence-electron chi connectivity index (χ3n) is 3.71. The van der Waals surface area contributed by atoms with Crippen LogP contribution in [0.4, 0.5) is 5.69 Å². The van der Waals surface area contributed by atoms with E-state index < -0.39 is 7.82 Å². The molecule has 2 rings (SSSR count). The van der Waals surface area contributed by atoms with Crippen LogP contribution in [0.3, 0.4) is 0 Å². The number of nitrogens with zero attached hydrogens (tertiary/aromatic N) is 2. The van der Waals surface area contributed by atoms with Crippen molar-refractivity contribution in [2.45, 2.75) is 13.8 Å². The van der Waals surface area contributed by atoms with E-state index in [1.165, 1.54) is 12.3 Å². The van der Waals surface area contributed by atoms with Crippen molar-refractivity contribution in [3.05, 3.63) is 35.5 Å². The largest absolute Gasteiger partial charge is 0.466 e. The summed E-state index contributed by atoms with van der Waals surface area (Å²) in [6, 6.07) is 7.87. The normalized spacial score (nSPS) is 11.4. The number of halogens is 1. The van der Waals surface area contributed by atoms with E-state index in [1.54, 1.807) is 0 Å². The molecule has 0 aliphatic rings. The molecular weight excluding hydrogens is 409 g/mol. The average molecular weight is 436 g/mol. The second kappa shape index (κ2) is 12.6.